The van der Waals surface area contributed by atoms with Crippen LogP contribution in [-0.4, -0.2) is 36.9 Å². The van der Waals surface area contributed by atoms with E-state index >= 15 is 0 Å². The molecular formula is C28H28O10P2S. The molecule has 0 bridgehead atoms. The fourth-order valence-electron chi connectivity index (χ4n) is 3.91. The van der Waals surface area contributed by atoms with Crippen LogP contribution in [0, 0.1) is 0 Å². The van der Waals surface area contributed by atoms with Gasteiger partial charge in [-0.2, -0.15) is 0 Å². The van der Waals surface area contributed by atoms with E-state index in [0.29, 0.717) is 11.5 Å². The normalized spacial score (nSPS) is 12.2. The summed E-state index contributed by atoms with van der Waals surface area (Å²) in [5.41, 5.74) is 0. The van der Waals surface area contributed by atoms with Crippen molar-refractivity contribution in [3.05, 3.63) is 97.1 Å². The van der Waals surface area contributed by atoms with E-state index in [1.807, 2.05) is 12.1 Å². The van der Waals surface area contributed by atoms with E-state index in [1.165, 1.54) is 36.4 Å². The van der Waals surface area contributed by atoms with Gasteiger partial charge in [0.1, 0.15) is 23.0 Å². The Morgan fingerprint density at radius 2 is 0.829 bits per heavy atom. The quantitative estimate of drug-likeness (QED) is 0.167. The molecule has 4 aromatic rings. The number of sulfone groups is 1. The van der Waals surface area contributed by atoms with Gasteiger partial charge in [-0.05, 0) is 60.7 Å². The first kappa shape index (κ1) is 30.7. The predicted molar refractivity (Wildman–Crippen MR) is 154 cm³/mol. The molecular weight excluding hydrogens is 590 g/mol. The van der Waals surface area contributed by atoms with Crippen LogP contribution in [0.25, 0.3) is 0 Å². The number of ether oxygens (including phenoxy) is 2. The Bertz CT molecular complexity index is 1570. The molecule has 0 aromatic heterocycles. The summed E-state index contributed by atoms with van der Waals surface area (Å²) in [6, 6.07) is 25.3. The Balaban J connectivity index is 1.90. The van der Waals surface area contributed by atoms with E-state index in [2.05, 4.69) is 0 Å². The molecule has 0 unspecified atom stereocenters. The Kier molecular flexibility index (Phi) is 9.51. The Hall–Kier alpha value is -3.27. The van der Waals surface area contributed by atoms with Gasteiger partial charge in [0.15, 0.2) is 0 Å². The molecule has 0 aliphatic rings. The third kappa shape index (κ3) is 6.47. The predicted octanol–water partition coefficient (Wildman–Crippen LogP) is 6.33. The summed E-state index contributed by atoms with van der Waals surface area (Å²) in [5.74, 6) is 1.31. The number of rotatable bonds is 12. The smallest absolute Gasteiger partial charge is 0.362 e. The fourth-order valence-corrected chi connectivity index (χ4v) is 9.05. The molecule has 10 nitrogen and oxygen atoms in total. The molecule has 0 aliphatic heterocycles. The largest absolute Gasteiger partial charge is 0.457 e. The second-order valence-corrected chi connectivity index (χ2v) is 14.6. The summed E-state index contributed by atoms with van der Waals surface area (Å²) < 4.78 is 88.0. The third-order valence-corrected chi connectivity index (χ3v) is 12.0. The number of hydrogen-bond acceptors (Lipinski definition) is 10. The fraction of sp³-hybridized carbons (Fsp3) is 0.143. The molecule has 0 heterocycles. The van der Waals surface area contributed by atoms with Gasteiger partial charge in [-0.1, -0.05) is 36.4 Å². The van der Waals surface area contributed by atoms with Crippen molar-refractivity contribution in [2.45, 2.75) is 9.79 Å². The highest BCUT2D eigenvalue weighted by Gasteiger charge is 2.39. The van der Waals surface area contributed by atoms with Gasteiger partial charge in [-0.15, -0.1) is 0 Å². The van der Waals surface area contributed by atoms with E-state index < -0.39 is 34.8 Å². The van der Waals surface area contributed by atoms with Crippen molar-refractivity contribution in [2.24, 2.45) is 0 Å². The highest BCUT2D eigenvalue weighted by molar-refractivity contribution is 7.93. The molecule has 4 rings (SSSR count). The molecule has 0 atom stereocenters. The Morgan fingerprint density at radius 3 is 1.15 bits per heavy atom. The van der Waals surface area contributed by atoms with Gasteiger partial charge in [-0.25, -0.2) is 8.42 Å². The van der Waals surface area contributed by atoms with E-state index in [9.17, 15) is 17.5 Å². The van der Waals surface area contributed by atoms with Crippen LogP contribution in [0.2, 0.25) is 0 Å². The first-order valence-electron chi connectivity index (χ1n) is 12.0. The van der Waals surface area contributed by atoms with Crippen LogP contribution in [0.5, 0.6) is 23.0 Å². The second-order valence-electron chi connectivity index (χ2n) is 8.32. The van der Waals surface area contributed by atoms with Crippen LogP contribution >= 0.6 is 15.2 Å². The summed E-state index contributed by atoms with van der Waals surface area (Å²) in [7, 11) is -8.34. The highest BCUT2D eigenvalue weighted by atomic mass is 32.2. The van der Waals surface area contributed by atoms with Gasteiger partial charge in [0.25, 0.3) is 0 Å². The molecule has 0 saturated heterocycles. The van der Waals surface area contributed by atoms with Crippen molar-refractivity contribution in [2.75, 3.05) is 28.4 Å². The van der Waals surface area contributed by atoms with Crippen LogP contribution in [0.3, 0.4) is 0 Å². The number of benzene rings is 4. The van der Waals surface area contributed by atoms with E-state index in [1.54, 1.807) is 48.5 Å². The molecule has 0 saturated carbocycles. The minimum absolute atomic E-state index is 0.186. The van der Waals surface area contributed by atoms with Crippen LogP contribution in [0.4, 0.5) is 0 Å². The summed E-state index contributed by atoms with van der Waals surface area (Å²) in [6.07, 6.45) is 0. The summed E-state index contributed by atoms with van der Waals surface area (Å²) in [5, 5.41) is -0.563. The first-order valence-corrected chi connectivity index (χ1v) is 16.6. The highest BCUT2D eigenvalue weighted by Crippen LogP contribution is 2.51. The van der Waals surface area contributed by atoms with Gasteiger partial charge in [0.2, 0.25) is 9.84 Å². The average Bonchev–Trinajstić information content (AvgIpc) is 3.01. The minimum atomic E-state index is -4.56. The number of hydrogen-bond donors (Lipinski definition) is 0. The molecule has 0 fully saturated rings. The summed E-state index contributed by atoms with van der Waals surface area (Å²) in [4.78, 5) is -0.830. The third-order valence-electron chi connectivity index (χ3n) is 5.95. The van der Waals surface area contributed by atoms with Gasteiger partial charge in [-0.3, -0.25) is 9.13 Å². The maximum atomic E-state index is 14.2. The van der Waals surface area contributed by atoms with Gasteiger partial charge in [0.05, 0.1) is 20.4 Å². The number of para-hydroxylation sites is 2. The van der Waals surface area contributed by atoms with Crippen molar-refractivity contribution >= 4 is 35.6 Å². The van der Waals surface area contributed by atoms with Gasteiger partial charge < -0.3 is 27.6 Å². The topological polar surface area (TPSA) is 124 Å². The minimum Gasteiger partial charge on any atom is -0.457 e. The van der Waals surface area contributed by atoms with Crippen molar-refractivity contribution in [3.8, 4) is 23.0 Å². The maximum Gasteiger partial charge on any atom is 0.362 e. The lowest BCUT2D eigenvalue weighted by Crippen LogP contribution is -2.23. The van der Waals surface area contributed by atoms with Crippen LogP contribution in [0.1, 0.15) is 0 Å². The molecule has 216 valence electrons. The lowest BCUT2D eigenvalue weighted by atomic mass is 10.3. The molecule has 41 heavy (non-hydrogen) atoms. The zero-order valence-corrected chi connectivity index (χ0v) is 25.2. The monoisotopic (exact) mass is 618 g/mol. The van der Waals surface area contributed by atoms with Crippen LogP contribution in [-0.2, 0) is 37.1 Å². The standard InChI is InChI=1S/C28H28O10P2S/c1-33-39(29,34-2)25-19-23(37-21-11-7-5-8-12-21)15-17-27(25)41(31,32)28-18-16-24(38-22-13-9-6-10-14-22)20-26(28)40(30,35-3)36-4/h5-20H,1-4H3. The van der Waals surface area contributed by atoms with Crippen molar-refractivity contribution < 1.29 is 45.1 Å². The van der Waals surface area contributed by atoms with E-state index in [4.69, 9.17) is 27.6 Å². The Labute approximate surface area is 238 Å². The molecule has 0 N–H and O–H groups in total. The van der Waals surface area contributed by atoms with E-state index in [-0.39, 0.29) is 22.1 Å². The second kappa shape index (κ2) is 12.7. The van der Waals surface area contributed by atoms with E-state index in [0.717, 1.165) is 28.4 Å². The van der Waals surface area contributed by atoms with Crippen LogP contribution in [0.15, 0.2) is 107 Å². The average molecular weight is 619 g/mol. The van der Waals surface area contributed by atoms with Crippen LogP contribution < -0.4 is 20.1 Å². The van der Waals surface area contributed by atoms with Crippen molar-refractivity contribution in [1.29, 1.82) is 0 Å². The lowest BCUT2D eigenvalue weighted by Gasteiger charge is -2.21. The molecule has 0 aliphatic carbocycles. The van der Waals surface area contributed by atoms with Crippen molar-refractivity contribution in [1.82, 2.24) is 0 Å². The first-order chi connectivity index (χ1) is 19.6. The molecule has 0 spiro atoms. The SMILES string of the molecule is COP(=O)(OC)c1cc(Oc2ccccc2)ccc1S(=O)(=O)c1ccc(Oc2ccccc2)cc1P(=O)(OC)OC. The summed E-state index contributed by atoms with van der Waals surface area (Å²) >= 11 is 0. The lowest BCUT2D eigenvalue weighted by molar-refractivity contribution is 0.286. The molecule has 0 amide bonds. The molecule has 13 heteroatoms. The van der Waals surface area contributed by atoms with Crippen molar-refractivity contribution in [3.63, 3.8) is 0 Å². The molecule has 4 aromatic carbocycles. The molecule has 0 radical (unpaired) electrons. The zero-order valence-electron chi connectivity index (χ0n) is 22.6. The maximum absolute atomic E-state index is 14.2. The zero-order chi connectivity index (χ0) is 29.7. The Morgan fingerprint density at radius 1 is 0.488 bits per heavy atom. The van der Waals surface area contributed by atoms with Gasteiger partial charge >= 0.3 is 15.2 Å². The summed E-state index contributed by atoms with van der Waals surface area (Å²) in [6.45, 7) is 0. The van der Waals surface area contributed by atoms with Gasteiger partial charge in [0, 0.05) is 28.4 Å².